The lowest BCUT2D eigenvalue weighted by Gasteiger charge is -2.23. The van der Waals surface area contributed by atoms with Gasteiger partial charge in [0, 0.05) is 38.8 Å². The Balaban J connectivity index is 2.11. The van der Waals surface area contributed by atoms with Crippen LogP contribution in [0.4, 0.5) is 5.82 Å². The van der Waals surface area contributed by atoms with Gasteiger partial charge in [-0.25, -0.2) is 4.79 Å². The van der Waals surface area contributed by atoms with Crippen LogP contribution in [0.5, 0.6) is 0 Å². The van der Waals surface area contributed by atoms with Gasteiger partial charge in [-0.15, -0.1) is 0 Å². The Hall–Kier alpha value is -1.82. The summed E-state index contributed by atoms with van der Waals surface area (Å²) >= 11 is 0. The predicted molar refractivity (Wildman–Crippen MR) is 83.6 cm³/mol. The summed E-state index contributed by atoms with van der Waals surface area (Å²) in [7, 11) is 3.93. The number of carboxylic acid groups (broad SMARTS) is 1. The molecule has 0 unspecified atom stereocenters. The largest absolute Gasteiger partial charge is 0.478 e. The fraction of sp³-hybridized carbons (Fsp3) is 0.600. The molecule has 0 saturated carbocycles. The molecule has 116 valence electrons. The van der Waals surface area contributed by atoms with E-state index in [4.69, 9.17) is 5.11 Å². The van der Waals surface area contributed by atoms with Crippen LogP contribution in [-0.4, -0.2) is 59.0 Å². The van der Waals surface area contributed by atoms with Gasteiger partial charge < -0.3 is 14.9 Å². The average Bonchev–Trinajstić information content (AvgIpc) is 3.01. The van der Waals surface area contributed by atoms with Crippen molar-refractivity contribution in [1.29, 1.82) is 0 Å². The molecule has 1 aromatic heterocycles. The third-order valence-electron chi connectivity index (χ3n) is 3.94. The molecular formula is C15H24N4O2. The molecule has 6 heteroatoms. The van der Waals surface area contributed by atoms with Gasteiger partial charge >= 0.3 is 5.97 Å². The van der Waals surface area contributed by atoms with Gasteiger partial charge in [-0.05, 0) is 38.9 Å². The Morgan fingerprint density at radius 3 is 2.71 bits per heavy atom. The van der Waals surface area contributed by atoms with Gasteiger partial charge in [-0.1, -0.05) is 0 Å². The number of hydrogen-bond acceptors (Lipinski definition) is 4. The third kappa shape index (κ3) is 3.85. The molecule has 0 radical (unpaired) electrons. The van der Waals surface area contributed by atoms with E-state index in [0.717, 1.165) is 30.2 Å². The Kier molecular flexibility index (Phi) is 5.01. The number of aryl methyl sites for hydroxylation is 2. The highest BCUT2D eigenvalue weighted by atomic mass is 16.4. The molecule has 0 amide bonds. The lowest BCUT2D eigenvalue weighted by Crippen LogP contribution is -2.32. The van der Waals surface area contributed by atoms with E-state index in [1.165, 1.54) is 32.0 Å². The molecule has 0 aliphatic carbocycles. The number of aromatic nitrogens is 2. The molecule has 0 spiro atoms. The number of carboxylic acids is 1. The molecule has 1 aromatic rings. The minimum Gasteiger partial charge on any atom is -0.478 e. The van der Waals surface area contributed by atoms with Crippen LogP contribution in [0.1, 0.15) is 24.1 Å². The molecule has 1 aliphatic rings. The van der Waals surface area contributed by atoms with Gasteiger partial charge in [0.05, 0.1) is 5.69 Å². The molecule has 0 aromatic carbocycles. The van der Waals surface area contributed by atoms with Crippen molar-refractivity contribution in [2.24, 2.45) is 7.05 Å². The van der Waals surface area contributed by atoms with E-state index in [9.17, 15) is 4.79 Å². The van der Waals surface area contributed by atoms with Crippen LogP contribution in [0.15, 0.2) is 6.08 Å². The van der Waals surface area contributed by atoms with Crippen molar-refractivity contribution in [2.75, 3.05) is 38.1 Å². The molecule has 0 bridgehead atoms. The summed E-state index contributed by atoms with van der Waals surface area (Å²) in [6, 6.07) is 0. The molecule has 1 saturated heterocycles. The van der Waals surface area contributed by atoms with E-state index in [1.54, 1.807) is 6.08 Å². The number of anilines is 1. The van der Waals surface area contributed by atoms with Crippen LogP contribution in [0.25, 0.3) is 6.08 Å². The zero-order chi connectivity index (χ0) is 15.4. The first-order valence-electron chi connectivity index (χ1n) is 7.37. The van der Waals surface area contributed by atoms with Gasteiger partial charge in [0.1, 0.15) is 5.82 Å². The van der Waals surface area contributed by atoms with Gasteiger partial charge in [0.15, 0.2) is 0 Å². The van der Waals surface area contributed by atoms with Crippen LogP contribution >= 0.6 is 0 Å². The molecule has 2 heterocycles. The van der Waals surface area contributed by atoms with E-state index in [-0.39, 0.29) is 0 Å². The lowest BCUT2D eigenvalue weighted by molar-refractivity contribution is -0.131. The van der Waals surface area contributed by atoms with E-state index in [0.29, 0.717) is 0 Å². The number of aliphatic carboxylic acids is 1. The topological polar surface area (TPSA) is 61.6 Å². The number of nitrogens with zero attached hydrogens (tertiary/aromatic N) is 4. The molecule has 0 atom stereocenters. The maximum Gasteiger partial charge on any atom is 0.328 e. The first-order chi connectivity index (χ1) is 9.99. The Labute approximate surface area is 125 Å². The Morgan fingerprint density at radius 1 is 1.43 bits per heavy atom. The molecule has 6 nitrogen and oxygen atoms in total. The summed E-state index contributed by atoms with van der Waals surface area (Å²) in [6.45, 7) is 6.21. The number of likely N-dealkylation sites (tertiary alicyclic amines) is 1. The lowest BCUT2D eigenvalue weighted by atomic mass is 10.2. The monoisotopic (exact) mass is 292 g/mol. The highest BCUT2D eigenvalue weighted by molar-refractivity contribution is 5.87. The van der Waals surface area contributed by atoms with Crippen LogP contribution < -0.4 is 4.90 Å². The zero-order valence-electron chi connectivity index (χ0n) is 13.0. The van der Waals surface area contributed by atoms with Gasteiger partial charge in [-0.3, -0.25) is 4.68 Å². The van der Waals surface area contributed by atoms with Crippen LogP contribution in [-0.2, 0) is 11.8 Å². The summed E-state index contributed by atoms with van der Waals surface area (Å²) < 4.78 is 1.82. The number of rotatable bonds is 6. The quantitative estimate of drug-likeness (QED) is 0.802. The molecule has 21 heavy (non-hydrogen) atoms. The summed E-state index contributed by atoms with van der Waals surface area (Å²) in [4.78, 5) is 15.4. The van der Waals surface area contributed by atoms with Crippen molar-refractivity contribution in [3.05, 3.63) is 17.3 Å². The van der Waals surface area contributed by atoms with Crippen molar-refractivity contribution in [3.8, 4) is 0 Å². The smallest absolute Gasteiger partial charge is 0.328 e. The predicted octanol–water partition coefficient (Wildman–Crippen LogP) is 1.36. The molecule has 1 aliphatic heterocycles. The minimum absolute atomic E-state index is 0.845. The number of carbonyl (C=O) groups is 1. The first-order valence-corrected chi connectivity index (χ1v) is 7.37. The number of likely N-dealkylation sites (N-methyl/N-ethyl adjacent to an activating group) is 1. The molecular weight excluding hydrogens is 268 g/mol. The molecule has 1 N–H and O–H groups in total. The van der Waals surface area contributed by atoms with Crippen LogP contribution in [0.3, 0.4) is 0 Å². The second-order valence-corrected chi connectivity index (χ2v) is 5.59. The van der Waals surface area contributed by atoms with E-state index >= 15 is 0 Å². The van der Waals surface area contributed by atoms with E-state index in [2.05, 4.69) is 14.9 Å². The van der Waals surface area contributed by atoms with Crippen molar-refractivity contribution in [2.45, 2.75) is 19.8 Å². The SMILES string of the molecule is Cc1nn(C)c(N(C)CCN2CCCC2)c1C=CC(=O)O. The van der Waals surface area contributed by atoms with E-state index in [1.807, 2.05) is 25.7 Å². The fourth-order valence-corrected chi connectivity index (χ4v) is 2.87. The highest BCUT2D eigenvalue weighted by Crippen LogP contribution is 2.23. The fourth-order valence-electron chi connectivity index (χ4n) is 2.87. The van der Waals surface area contributed by atoms with Crippen LogP contribution in [0, 0.1) is 6.92 Å². The summed E-state index contributed by atoms with van der Waals surface area (Å²) in [5, 5.41) is 13.2. The van der Waals surface area contributed by atoms with Crippen LogP contribution in [0.2, 0.25) is 0 Å². The number of hydrogen-bond donors (Lipinski definition) is 1. The summed E-state index contributed by atoms with van der Waals surface area (Å²) in [6.07, 6.45) is 5.39. The van der Waals surface area contributed by atoms with Crippen molar-refractivity contribution < 1.29 is 9.90 Å². The summed E-state index contributed by atoms with van der Waals surface area (Å²) in [5.41, 5.74) is 1.72. The first kappa shape index (κ1) is 15.6. The third-order valence-corrected chi connectivity index (χ3v) is 3.94. The second kappa shape index (κ2) is 6.76. The van der Waals surface area contributed by atoms with Gasteiger partial charge in [0.2, 0.25) is 0 Å². The van der Waals surface area contributed by atoms with Crippen molar-refractivity contribution in [1.82, 2.24) is 14.7 Å². The minimum atomic E-state index is -0.941. The molecule has 2 rings (SSSR count). The molecule has 1 fully saturated rings. The Morgan fingerprint density at radius 2 is 2.10 bits per heavy atom. The zero-order valence-corrected chi connectivity index (χ0v) is 13.0. The van der Waals surface area contributed by atoms with Crippen molar-refractivity contribution >= 4 is 17.9 Å². The highest BCUT2D eigenvalue weighted by Gasteiger charge is 2.17. The normalized spacial score (nSPS) is 16.0. The maximum atomic E-state index is 10.7. The Bertz CT molecular complexity index is 530. The maximum absolute atomic E-state index is 10.7. The average molecular weight is 292 g/mol. The van der Waals surface area contributed by atoms with Gasteiger partial charge in [-0.2, -0.15) is 5.10 Å². The van der Waals surface area contributed by atoms with Crippen molar-refractivity contribution in [3.63, 3.8) is 0 Å². The van der Waals surface area contributed by atoms with E-state index < -0.39 is 5.97 Å². The standard InChI is InChI=1S/C15H24N4O2/c1-12-13(6-7-14(20)21)15(18(3)16-12)17(2)10-11-19-8-4-5-9-19/h6-7H,4-5,8-11H2,1-3H3,(H,20,21). The second-order valence-electron chi connectivity index (χ2n) is 5.59. The summed E-state index contributed by atoms with van der Waals surface area (Å²) in [5.74, 6) is 0.0214. The van der Waals surface area contributed by atoms with Gasteiger partial charge in [0.25, 0.3) is 0 Å².